The van der Waals surface area contributed by atoms with E-state index in [-0.39, 0.29) is 11.5 Å². The van der Waals surface area contributed by atoms with E-state index in [0.29, 0.717) is 24.8 Å². The molecule has 4 nitrogen and oxygen atoms in total. The molecule has 0 aliphatic heterocycles. The van der Waals surface area contributed by atoms with E-state index in [9.17, 15) is 20.4 Å². The van der Waals surface area contributed by atoms with Crippen molar-refractivity contribution < 1.29 is 20.4 Å². The third-order valence-electron chi connectivity index (χ3n) is 5.80. The van der Waals surface area contributed by atoms with E-state index >= 15 is 0 Å². The van der Waals surface area contributed by atoms with Gasteiger partial charge in [0.15, 0.2) is 0 Å². The molecule has 1 aromatic carbocycles. The van der Waals surface area contributed by atoms with Crippen LogP contribution in [0.5, 0.6) is 11.5 Å². The van der Waals surface area contributed by atoms with Crippen LogP contribution in [0.1, 0.15) is 84.3 Å². The predicted molar refractivity (Wildman–Crippen MR) is 129 cm³/mol. The Morgan fingerprint density at radius 2 is 1.61 bits per heavy atom. The number of aliphatic hydroxyl groups excluding tert-OH is 1. The second kappa shape index (κ2) is 12.7. The SMILES string of the molecule is CC(C)=CCC[C@@](C)(O)[C@H](O)CCC(C)=CCCC(C)=CCc1cc(O)cc(C)c1O. The van der Waals surface area contributed by atoms with Crippen LogP contribution in [-0.4, -0.2) is 32.1 Å². The number of aromatic hydroxyl groups is 2. The number of hydrogen-bond donors (Lipinski definition) is 4. The molecule has 0 aliphatic rings. The highest BCUT2D eigenvalue weighted by Crippen LogP contribution is 2.28. The van der Waals surface area contributed by atoms with Gasteiger partial charge in [-0.1, -0.05) is 34.9 Å². The maximum atomic E-state index is 10.5. The van der Waals surface area contributed by atoms with Crippen LogP contribution in [0, 0.1) is 6.92 Å². The van der Waals surface area contributed by atoms with Crippen molar-refractivity contribution in [2.45, 2.75) is 98.2 Å². The van der Waals surface area contributed by atoms with Crippen LogP contribution in [0.4, 0.5) is 0 Å². The maximum absolute atomic E-state index is 10.5. The molecule has 0 saturated heterocycles. The molecule has 2 atom stereocenters. The summed E-state index contributed by atoms with van der Waals surface area (Å²) >= 11 is 0. The number of allylic oxidation sites excluding steroid dienone is 6. The number of benzene rings is 1. The Balaban J connectivity index is 2.46. The van der Waals surface area contributed by atoms with E-state index in [1.807, 2.05) is 13.8 Å². The monoisotopic (exact) mass is 430 g/mol. The zero-order valence-corrected chi connectivity index (χ0v) is 20.2. The van der Waals surface area contributed by atoms with Crippen LogP contribution in [-0.2, 0) is 6.42 Å². The fourth-order valence-electron chi connectivity index (χ4n) is 3.52. The summed E-state index contributed by atoms with van der Waals surface area (Å²) in [4.78, 5) is 0. The van der Waals surface area contributed by atoms with E-state index in [1.54, 1.807) is 26.0 Å². The third kappa shape index (κ3) is 10.2. The van der Waals surface area contributed by atoms with E-state index < -0.39 is 11.7 Å². The zero-order valence-electron chi connectivity index (χ0n) is 20.2. The first-order chi connectivity index (χ1) is 14.4. The lowest BCUT2D eigenvalue weighted by molar-refractivity contribution is -0.0691. The summed E-state index contributed by atoms with van der Waals surface area (Å²) in [6, 6.07) is 3.17. The molecular weight excluding hydrogens is 388 g/mol. The normalized spacial score (nSPS) is 15.5. The molecule has 0 amide bonds. The Morgan fingerprint density at radius 1 is 0.968 bits per heavy atom. The largest absolute Gasteiger partial charge is 0.508 e. The Kier molecular flexibility index (Phi) is 11.1. The van der Waals surface area contributed by atoms with Gasteiger partial charge in [0.2, 0.25) is 0 Å². The highest BCUT2D eigenvalue weighted by Gasteiger charge is 2.28. The molecule has 0 bridgehead atoms. The summed E-state index contributed by atoms with van der Waals surface area (Å²) < 4.78 is 0. The molecule has 174 valence electrons. The number of aliphatic hydroxyl groups is 2. The second-order valence-electron chi connectivity index (χ2n) is 9.35. The molecule has 1 aromatic rings. The molecular formula is C27H42O4. The van der Waals surface area contributed by atoms with Gasteiger partial charge in [-0.3, -0.25) is 0 Å². The van der Waals surface area contributed by atoms with Gasteiger partial charge in [-0.2, -0.15) is 0 Å². The molecule has 1 rings (SSSR count). The zero-order chi connectivity index (χ0) is 23.6. The molecule has 0 unspecified atom stereocenters. The first-order valence-corrected chi connectivity index (χ1v) is 11.3. The topological polar surface area (TPSA) is 80.9 Å². The minimum atomic E-state index is -1.07. The van der Waals surface area contributed by atoms with Crippen molar-refractivity contribution in [1.29, 1.82) is 0 Å². The van der Waals surface area contributed by atoms with E-state index in [0.717, 1.165) is 31.2 Å². The molecule has 0 fully saturated rings. The summed E-state index contributed by atoms with van der Waals surface area (Å²) in [7, 11) is 0. The van der Waals surface area contributed by atoms with Crippen molar-refractivity contribution in [3.8, 4) is 11.5 Å². The summed E-state index contributed by atoms with van der Waals surface area (Å²) in [5.41, 5.74) is 4.01. The maximum Gasteiger partial charge on any atom is 0.122 e. The van der Waals surface area contributed by atoms with Crippen LogP contribution in [0.25, 0.3) is 0 Å². The van der Waals surface area contributed by atoms with E-state index in [2.05, 4.69) is 32.1 Å². The molecule has 0 radical (unpaired) electrons. The van der Waals surface area contributed by atoms with Crippen molar-refractivity contribution in [2.24, 2.45) is 0 Å². The summed E-state index contributed by atoms with van der Waals surface area (Å²) in [5.74, 6) is 0.418. The standard InChI is InChI=1S/C27H42O4/c1-19(2)9-8-16-27(6,31)25(29)15-13-21(4)11-7-10-20(3)12-14-23-18-24(28)17-22(5)26(23)30/h9,11-12,17-18,25,28-31H,7-8,10,13-16H2,1-6H3/t25-,27-/m1/s1. The van der Waals surface area contributed by atoms with Crippen LogP contribution in [0.15, 0.2) is 47.1 Å². The number of aryl methyl sites for hydroxylation is 1. The fraction of sp³-hybridized carbons (Fsp3) is 0.556. The van der Waals surface area contributed by atoms with E-state index in [1.165, 1.54) is 16.7 Å². The van der Waals surface area contributed by atoms with E-state index in [4.69, 9.17) is 0 Å². The quantitative estimate of drug-likeness (QED) is 0.233. The number of hydrogen-bond acceptors (Lipinski definition) is 4. The van der Waals surface area contributed by atoms with Gasteiger partial charge in [0.05, 0.1) is 11.7 Å². The molecule has 0 aromatic heterocycles. The fourth-order valence-corrected chi connectivity index (χ4v) is 3.52. The van der Waals surface area contributed by atoms with Gasteiger partial charge in [-0.15, -0.1) is 0 Å². The molecule has 4 heteroatoms. The molecule has 0 spiro atoms. The Morgan fingerprint density at radius 3 is 2.26 bits per heavy atom. The highest BCUT2D eigenvalue weighted by atomic mass is 16.3. The Hall–Kier alpha value is -2.04. The second-order valence-corrected chi connectivity index (χ2v) is 9.35. The van der Waals surface area contributed by atoms with Gasteiger partial charge < -0.3 is 20.4 Å². The average Bonchev–Trinajstić information content (AvgIpc) is 2.67. The number of rotatable bonds is 12. The lowest BCUT2D eigenvalue weighted by Gasteiger charge is -2.29. The molecule has 0 aliphatic carbocycles. The van der Waals surface area contributed by atoms with Gasteiger partial charge in [0, 0.05) is 5.56 Å². The predicted octanol–water partition coefficient (Wildman–Crippen LogP) is 6.26. The lowest BCUT2D eigenvalue weighted by atomic mass is 9.89. The van der Waals surface area contributed by atoms with Crippen LogP contribution in [0.2, 0.25) is 0 Å². The molecule has 0 heterocycles. The lowest BCUT2D eigenvalue weighted by Crippen LogP contribution is -2.39. The van der Waals surface area contributed by atoms with Crippen molar-refractivity contribution in [1.82, 2.24) is 0 Å². The average molecular weight is 431 g/mol. The minimum absolute atomic E-state index is 0.174. The Bertz CT molecular complexity index is 796. The minimum Gasteiger partial charge on any atom is -0.508 e. The Labute approximate surface area is 188 Å². The molecule has 0 saturated carbocycles. The molecule has 31 heavy (non-hydrogen) atoms. The number of phenols is 2. The van der Waals surface area contributed by atoms with Crippen molar-refractivity contribution >= 4 is 0 Å². The van der Waals surface area contributed by atoms with Crippen molar-refractivity contribution in [2.75, 3.05) is 0 Å². The first-order valence-electron chi connectivity index (χ1n) is 11.3. The van der Waals surface area contributed by atoms with Crippen LogP contribution in [0.3, 0.4) is 0 Å². The van der Waals surface area contributed by atoms with Gasteiger partial charge in [-0.05, 0) is 104 Å². The van der Waals surface area contributed by atoms with Crippen LogP contribution < -0.4 is 0 Å². The third-order valence-corrected chi connectivity index (χ3v) is 5.80. The first kappa shape index (κ1) is 27.0. The summed E-state index contributed by atoms with van der Waals surface area (Å²) in [6.45, 7) is 11.7. The van der Waals surface area contributed by atoms with Crippen molar-refractivity contribution in [3.05, 3.63) is 58.2 Å². The van der Waals surface area contributed by atoms with Gasteiger partial charge in [0.1, 0.15) is 11.5 Å². The summed E-state index contributed by atoms with van der Waals surface area (Å²) in [5, 5.41) is 40.8. The van der Waals surface area contributed by atoms with Gasteiger partial charge >= 0.3 is 0 Å². The summed E-state index contributed by atoms with van der Waals surface area (Å²) in [6.07, 6.45) is 10.7. The van der Waals surface area contributed by atoms with Gasteiger partial charge in [0.25, 0.3) is 0 Å². The van der Waals surface area contributed by atoms with Crippen LogP contribution >= 0.6 is 0 Å². The van der Waals surface area contributed by atoms with Crippen molar-refractivity contribution in [3.63, 3.8) is 0 Å². The van der Waals surface area contributed by atoms with Gasteiger partial charge in [-0.25, -0.2) is 0 Å². The molecule has 4 N–H and O–H groups in total. The smallest absolute Gasteiger partial charge is 0.122 e. The highest BCUT2D eigenvalue weighted by molar-refractivity contribution is 5.46. The number of phenolic OH excluding ortho intramolecular Hbond substituents is 2.